The number of amides is 2. The lowest BCUT2D eigenvalue weighted by atomic mass is 9.98. The third-order valence-corrected chi connectivity index (χ3v) is 6.00. The molecule has 0 saturated carbocycles. The molecule has 2 amide bonds. The molecule has 6 heteroatoms. The lowest BCUT2D eigenvalue weighted by molar-refractivity contribution is -0.127. The number of piperidine rings is 1. The molecular weight excluding hydrogens is 324 g/mol. The largest absolute Gasteiger partial charge is 0.379 e. The van der Waals surface area contributed by atoms with Crippen molar-refractivity contribution in [1.82, 2.24) is 9.80 Å². The van der Waals surface area contributed by atoms with Gasteiger partial charge in [0.2, 0.25) is 5.91 Å². The van der Waals surface area contributed by atoms with Crippen molar-refractivity contribution < 1.29 is 14.3 Å². The van der Waals surface area contributed by atoms with Crippen molar-refractivity contribution in [2.24, 2.45) is 0 Å². The van der Waals surface area contributed by atoms with Gasteiger partial charge in [0.1, 0.15) is 0 Å². The zero-order valence-electron chi connectivity index (χ0n) is 14.3. The van der Waals surface area contributed by atoms with Crippen molar-refractivity contribution >= 4 is 23.2 Å². The van der Waals surface area contributed by atoms with Gasteiger partial charge < -0.3 is 14.5 Å². The summed E-state index contributed by atoms with van der Waals surface area (Å²) in [7, 11) is 1.67. The van der Waals surface area contributed by atoms with E-state index in [0.717, 1.165) is 55.1 Å². The van der Waals surface area contributed by atoms with Gasteiger partial charge in [-0.3, -0.25) is 9.59 Å². The number of thiophene rings is 1. The summed E-state index contributed by atoms with van der Waals surface area (Å²) in [5.74, 6) is 0.408. The molecule has 2 saturated heterocycles. The van der Waals surface area contributed by atoms with Crippen LogP contribution in [0.25, 0.3) is 0 Å². The molecule has 3 heterocycles. The highest BCUT2D eigenvalue weighted by Crippen LogP contribution is 2.26. The predicted octanol–water partition coefficient (Wildman–Crippen LogP) is 2.90. The Balaban J connectivity index is 1.62. The van der Waals surface area contributed by atoms with E-state index in [1.165, 1.54) is 17.8 Å². The van der Waals surface area contributed by atoms with Crippen molar-refractivity contribution in [3.8, 4) is 0 Å². The molecule has 3 rings (SSSR count). The normalized spacial score (nSPS) is 21.5. The first-order valence-electron chi connectivity index (χ1n) is 8.85. The lowest BCUT2D eigenvalue weighted by Crippen LogP contribution is -2.45. The second kappa shape index (κ2) is 8.12. The summed E-state index contributed by atoms with van der Waals surface area (Å²) < 4.78 is 5.14. The van der Waals surface area contributed by atoms with E-state index in [9.17, 15) is 9.59 Å². The predicted molar refractivity (Wildman–Crippen MR) is 94.1 cm³/mol. The van der Waals surface area contributed by atoms with Crippen LogP contribution < -0.4 is 0 Å². The van der Waals surface area contributed by atoms with E-state index in [4.69, 9.17) is 4.74 Å². The number of likely N-dealkylation sites (tertiary alicyclic amines) is 2. The van der Waals surface area contributed by atoms with Gasteiger partial charge in [-0.2, -0.15) is 0 Å². The quantitative estimate of drug-likeness (QED) is 0.793. The number of hydrogen-bond donors (Lipinski definition) is 0. The minimum Gasteiger partial charge on any atom is -0.379 e. The molecule has 132 valence electrons. The Kier molecular flexibility index (Phi) is 5.89. The number of carbonyl (C=O) groups excluding carboxylic acids is 2. The fourth-order valence-electron chi connectivity index (χ4n) is 3.67. The first-order chi connectivity index (χ1) is 11.7. The van der Waals surface area contributed by atoms with Crippen LogP contribution >= 0.6 is 11.3 Å². The Morgan fingerprint density at radius 3 is 2.92 bits per heavy atom. The van der Waals surface area contributed by atoms with Crippen LogP contribution in [-0.2, 0) is 16.1 Å². The first-order valence-corrected chi connectivity index (χ1v) is 9.67. The number of rotatable bonds is 6. The fourth-order valence-corrected chi connectivity index (χ4v) is 4.60. The van der Waals surface area contributed by atoms with Crippen molar-refractivity contribution in [2.75, 3.05) is 26.7 Å². The maximum Gasteiger partial charge on any atom is 0.264 e. The van der Waals surface area contributed by atoms with Crippen LogP contribution in [0.4, 0.5) is 0 Å². The van der Waals surface area contributed by atoms with Gasteiger partial charge in [0.25, 0.3) is 5.91 Å². The molecule has 0 aromatic carbocycles. The molecule has 1 aromatic heterocycles. The van der Waals surface area contributed by atoms with Crippen molar-refractivity contribution in [2.45, 2.75) is 51.2 Å². The summed E-state index contributed by atoms with van der Waals surface area (Å²) in [6.45, 7) is 3.05. The minimum atomic E-state index is 0.139. The van der Waals surface area contributed by atoms with E-state index >= 15 is 0 Å². The zero-order valence-corrected chi connectivity index (χ0v) is 15.1. The number of methoxy groups -OCH3 is 1. The summed E-state index contributed by atoms with van der Waals surface area (Å²) in [6, 6.07) is 4.15. The molecule has 1 aromatic rings. The molecule has 0 aliphatic carbocycles. The van der Waals surface area contributed by atoms with Gasteiger partial charge in [0.05, 0.1) is 11.5 Å². The SMILES string of the molecule is COCc1ccc(C(=O)N2CCCCC2CCN2CCCC2=O)s1. The van der Waals surface area contributed by atoms with E-state index in [0.29, 0.717) is 13.0 Å². The summed E-state index contributed by atoms with van der Waals surface area (Å²) in [5.41, 5.74) is 0. The molecule has 5 nitrogen and oxygen atoms in total. The van der Waals surface area contributed by atoms with Crippen molar-refractivity contribution in [3.05, 3.63) is 21.9 Å². The molecule has 0 N–H and O–H groups in total. The Labute approximate surface area is 147 Å². The van der Waals surface area contributed by atoms with Crippen LogP contribution in [0.2, 0.25) is 0 Å². The molecule has 2 aliphatic heterocycles. The highest BCUT2D eigenvalue weighted by Gasteiger charge is 2.29. The fraction of sp³-hybridized carbons (Fsp3) is 0.667. The molecule has 1 atom stereocenters. The maximum absolute atomic E-state index is 12.9. The van der Waals surface area contributed by atoms with E-state index in [-0.39, 0.29) is 17.9 Å². The molecule has 2 aliphatic rings. The first kappa shape index (κ1) is 17.4. The second-order valence-corrected chi connectivity index (χ2v) is 7.79. The van der Waals surface area contributed by atoms with Crippen LogP contribution in [0.1, 0.15) is 53.1 Å². The molecule has 24 heavy (non-hydrogen) atoms. The average molecular weight is 350 g/mol. The van der Waals surface area contributed by atoms with Gasteiger partial charge in [-0.15, -0.1) is 11.3 Å². The molecule has 0 spiro atoms. The molecule has 0 bridgehead atoms. The molecule has 2 fully saturated rings. The van der Waals surface area contributed by atoms with Crippen LogP contribution in [0.5, 0.6) is 0 Å². The van der Waals surface area contributed by atoms with Gasteiger partial charge >= 0.3 is 0 Å². The maximum atomic E-state index is 12.9. The van der Waals surface area contributed by atoms with E-state index in [2.05, 4.69) is 0 Å². The van der Waals surface area contributed by atoms with Crippen LogP contribution in [0, 0.1) is 0 Å². The van der Waals surface area contributed by atoms with Gasteiger partial charge in [-0.1, -0.05) is 0 Å². The van der Waals surface area contributed by atoms with E-state index < -0.39 is 0 Å². The Morgan fingerprint density at radius 1 is 1.29 bits per heavy atom. The van der Waals surface area contributed by atoms with Gasteiger partial charge in [-0.05, 0) is 44.2 Å². The van der Waals surface area contributed by atoms with Crippen LogP contribution in [0.3, 0.4) is 0 Å². The number of nitrogens with zero attached hydrogens (tertiary/aromatic N) is 2. The molecule has 0 radical (unpaired) electrons. The van der Waals surface area contributed by atoms with Crippen LogP contribution in [-0.4, -0.2) is 54.4 Å². The topological polar surface area (TPSA) is 49.9 Å². The standard InChI is InChI=1S/C18H26N2O3S/c1-23-13-15-7-8-16(24-15)18(22)20-11-3-2-5-14(20)9-12-19-10-4-6-17(19)21/h7-8,14H,2-6,9-13H2,1H3. The van der Waals surface area contributed by atoms with Crippen LogP contribution in [0.15, 0.2) is 12.1 Å². The van der Waals surface area contributed by atoms with E-state index in [1.54, 1.807) is 7.11 Å². The highest BCUT2D eigenvalue weighted by atomic mass is 32.1. The summed E-state index contributed by atoms with van der Waals surface area (Å²) in [4.78, 5) is 30.6. The minimum absolute atomic E-state index is 0.139. The van der Waals surface area contributed by atoms with Crippen molar-refractivity contribution in [1.29, 1.82) is 0 Å². The second-order valence-electron chi connectivity index (χ2n) is 6.62. The number of carbonyl (C=O) groups is 2. The third kappa shape index (κ3) is 3.98. The number of hydrogen-bond acceptors (Lipinski definition) is 4. The zero-order chi connectivity index (χ0) is 16.9. The lowest BCUT2D eigenvalue weighted by Gasteiger charge is -2.36. The Bertz CT molecular complexity index is 587. The number of ether oxygens (including phenoxy) is 1. The van der Waals surface area contributed by atoms with Crippen molar-refractivity contribution in [3.63, 3.8) is 0 Å². The summed E-state index contributed by atoms with van der Waals surface area (Å²) in [5, 5.41) is 0. The molecular formula is C18H26N2O3S. The summed E-state index contributed by atoms with van der Waals surface area (Å²) >= 11 is 1.52. The monoisotopic (exact) mass is 350 g/mol. The molecule has 1 unspecified atom stereocenters. The smallest absolute Gasteiger partial charge is 0.264 e. The third-order valence-electron chi connectivity index (χ3n) is 4.95. The van der Waals surface area contributed by atoms with Gasteiger partial charge in [0, 0.05) is 44.1 Å². The Hall–Kier alpha value is -1.40. The van der Waals surface area contributed by atoms with Gasteiger partial charge in [-0.25, -0.2) is 0 Å². The van der Waals surface area contributed by atoms with Gasteiger partial charge in [0.15, 0.2) is 0 Å². The highest BCUT2D eigenvalue weighted by molar-refractivity contribution is 7.14. The summed E-state index contributed by atoms with van der Waals surface area (Å²) in [6.07, 6.45) is 5.84. The van der Waals surface area contributed by atoms with E-state index in [1.807, 2.05) is 21.9 Å². The Morgan fingerprint density at radius 2 is 2.17 bits per heavy atom. The average Bonchev–Trinajstić information content (AvgIpc) is 3.22.